The van der Waals surface area contributed by atoms with Crippen molar-refractivity contribution in [2.24, 2.45) is 0 Å². The Morgan fingerprint density at radius 3 is 2.80 bits per heavy atom. The largest absolute Gasteiger partial charge is 0.497 e. The average molecular weight is 270 g/mol. The summed E-state index contributed by atoms with van der Waals surface area (Å²) in [4.78, 5) is 2.54. The Bertz CT molecular complexity index is 576. The fourth-order valence-electron chi connectivity index (χ4n) is 2.87. The number of benzene rings is 2. The van der Waals surface area contributed by atoms with Crippen LogP contribution in [0, 0.1) is 0 Å². The molecule has 1 saturated heterocycles. The fourth-order valence-corrected chi connectivity index (χ4v) is 2.87. The lowest BCUT2D eigenvalue weighted by atomic mass is 10.0. The molecular weight excluding hydrogens is 248 g/mol. The Morgan fingerprint density at radius 1 is 1.15 bits per heavy atom. The highest BCUT2D eigenvalue weighted by molar-refractivity contribution is 5.87. The summed E-state index contributed by atoms with van der Waals surface area (Å²) < 4.78 is 5.35. The zero-order valence-corrected chi connectivity index (χ0v) is 12.1. The number of nitrogens with one attached hydrogen (secondary N) is 1. The highest BCUT2D eigenvalue weighted by Gasteiger charge is 2.10. The van der Waals surface area contributed by atoms with E-state index in [9.17, 15) is 0 Å². The summed E-state index contributed by atoms with van der Waals surface area (Å²) in [5.74, 6) is 0.937. The number of rotatable bonds is 4. The number of nitrogens with zero attached hydrogens (tertiary/aromatic N) is 1. The monoisotopic (exact) mass is 270 g/mol. The van der Waals surface area contributed by atoms with Gasteiger partial charge in [-0.2, -0.15) is 0 Å². The smallest absolute Gasteiger partial charge is 0.119 e. The number of hydrogen-bond acceptors (Lipinski definition) is 3. The molecule has 3 rings (SSSR count). The van der Waals surface area contributed by atoms with Crippen LogP contribution in [0.4, 0.5) is 0 Å². The summed E-state index contributed by atoms with van der Waals surface area (Å²) in [6, 6.07) is 12.9. The van der Waals surface area contributed by atoms with Crippen molar-refractivity contribution in [3.8, 4) is 5.75 Å². The van der Waals surface area contributed by atoms with Crippen LogP contribution in [0.5, 0.6) is 5.75 Å². The zero-order chi connectivity index (χ0) is 13.8. The number of ether oxygens (including phenoxy) is 1. The lowest BCUT2D eigenvalue weighted by Crippen LogP contribution is -2.44. The molecular formula is C17H22N2O. The third-order valence-electron chi connectivity index (χ3n) is 4.09. The van der Waals surface area contributed by atoms with Crippen molar-refractivity contribution in [1.82, 2.24) is 10.2 Å². The van der Waals surface area contributed by atoms with Crippen LogP contribution in [0.3, 0.4) is 0 Å². The topological polar surface area (TPSA) is 24.5 Å². The van der Waals surface area contributed by atoms with Crippen LogP contribution >= 0.6 is 0 Å². The van der Waals surface area contributed by atoms with E-state index in [4.69, 9.17) is 4.74 Å². The molecule has 0 unspecified atom stereocenters. The minimum Gasteiger partial charge on any atom is -0.497 e. The number of methoxy groups -OCH3 is 1. The standard InChI is InChI=1S/C17H22N2O/c1-20-16-6-5-14-3-2-4-15(17(14)13-16)7-10-19-11-8-18-9-12-19/h2-6,13,18H,7-12H2,1H3. The first kappa shape index (κ1) is 13.4. The molecule has 3 heteroatoms. The molecule has 1 N–H and O–H groups in total. The van der Waals surface area contributed by atoms with Gasteiger partial charge in [0.05, 0.1) is 7.11 Å². The van der Waals surface area contributed by atoms with Crippen molar-refractivity contribution in [3.05, 3.63) is 42.0 Å². The summed E-state index contributed by atoms with van der Waals surface area (Å²) in [6.07, 6.45) is 1.10. The van der Waals surface area contributed by atoms with E-state index in [0.29, 0.717) is 0 Å². The molecule has 1 aliphatic rings. The normalized spacial score (nSPS) is 16.4. The maximum Gasteiger partial charge on any atom is 0.119 e. The zero-order valence-electron chi connectivity index (χ0n) is 12.1. The predicted octanol–water partition coefficient (Wildman–Crippen LogP) is 2.30. The second kappa shape index (κ2) is 6.25. The van der Waals surface area contributed by atoms with E-state index in [-0.39, 0.29) is 0 Å². The summed E-state index contributed by atoms with van der Waals surface area (Å²) in [7, 11) is 1.73. The second-order valence-corrected chi connectivity index (χ2v) is 5.35. The molecule has 0 radical (unpaired) electrons. The van der Waals surface area contributed by atoms with E-state index < -0.39 is 0 Å². The quantitative estimate of drug-likeness (QED) is 0.922. The summed E-state index contributed by atoms with van der Waals surface area (Å²) in [6.45, 7) is 5.69. The van der Waals surface area contributed by atoms with Crippen molar-refractivity contribution in [1.29, 1.82) is 0 Å². The average Bonchev–Trinajstić information content (AvgIpc) is 2.53. The number of fused-ring (bicyclic) bond motifs is 1. The van der Waals surface area contributed by atoms with Crippen LogP contribution in [-0.2, 0) is 6.42 Å². The van der Waals surface area contributed by atoms with Gasteiger partial charge in [-0.05, 0) is 34.9 Å². The van der Waals surface area contributed by atoms with E-state index in [1.165, 1.54) is 16.3 Å². The molecule has 20 heavy (non-hydrogen) atoms. The van der Waals surface area contributed by atoms with Crippen LogP contribution in [0.1, 0.15) is 5.56 Å². The lowest BCUT2D eigenvalue weighted by molar-refractivity contribution is 0.244. The van der Waals surface area contributed by atoms with Crippen LogP contribution in [0.15, 0.2) is 36.4 Å². The molecule has 0 aromatic heterocycles. The first-order chi connectivity index (χ1) is 9.86. The van der Waals surface area contributed by atoms with E-state index >= 15 is 0 Å². The highest BCUT2D eigenvalue weighted by atomic mass is 16.5. The van der Waals surface area contributed by atoms with Crippen molar-refractivity contribution >= 4 is 10.8 Å². The predicted molar refractivity (Wildman–Crippen MR) is 83.5 cm³/mol. The molecule has 1 aliphatic heterocycles. The Hall–Kier alpha value is -1.58. The Balaban J connectivity index is 1.79. The molecule has 0 bridgehead atoms. The van der Waals surface area contributed by atoms with Gasteiger partial charge in [0, 0.05) is 32.7 Å². The first-order valence-corrected chi connectivity index (χ1v) is 7.35. The Morgan fingerprint density at radius 2 is 2.00 bits per heavy atom. The van der Waals surface area contributed by atoms with Crippen LogP contribution in [0.25, 0.3) is 10.8 Å². The van der Waals surface area contributed by atoms with Gasteiger partial charge in [0.15, 0.2) is 0 Å². The SMILES string of the molecule is COc1ccc2cccc(CCN3CCNCC3)c2c1. The Labute approximate surface area is 120 Å². The summed E-state index contributed by atoms with van der Waals surface area (Å²) in [5, 5.41) is 6.02. The molecule has 2 aromatic rings. The Kier molecular flexibility index (Phi) is 4.19. The van der Waals surface area contributed by atoms with Gasteiger partial charge in [0.2, 0.25) is 0 Å². The van der Waals surface area contributed by atoms with Gasteiger partial charge in [0.25, 0.3) is 0 Å². The van der Waals surface area contributed by atoms with Crippen molar-refractivity contribution in [2.45, 2.75) is 6.42 Å². The first-order valence-electron chi connectivity index (χ1n) is 7.35. The van der Waals surface area contributed by atoms with Crippen LogP contribution < -0.4 is 10.1 Å². The van der Waals surface area contributed by atoms with E-state index in [0.717, 1.165) is 44.9 Å². The minimum atomic E-state index is 0.937. The third kappa shape index (κ3) is 2.94. The van der Waals surface area contributed by atoms with Gasteiger partial charge in [-0.25, -0.2) is 0 Å². The van der Waals surface area contributed by atoms with Gasteiger partial charge in [-0.1, -0.05) is 24.3 Å². The van der Waals surface area contributed by atoms with Gasteiger partial charge in [0.1, 0.15) is 5.75 Å². The maximum absolute atomic E-state index is 5.35. The van der Waals surface area contributed by atoms with Gasteiger partial charge in [-0.3, -0.25) is 0 Å². The third-order valence-corrected chi connectivity index (χ3v) is 4.09. The second-order valence-electron chi connectivity index (χ2n) is 5.35. The maximum atomic E-state index is 5.35. The molecule has 106 valence electrons. The molecule has 2 aromatic carbocycles. The van der Waals surface area contributed by atoms with Gasteiger partial charge < -0.3 is 15.0 Å². The molecule has 0 atom stereocenters. The van der Waals surface area contributed by atoms with E-state index in [2.05, 4.69) is 40.5 Å². The van der Waals surface area contributed by atoms with Crippen molar-refractivity contribution < 1.29 is 4.74 Å². The lowest BCUT2D eigenvalue weighted by Gasteiger charge is -2.27. The van der Waals surface area contributed by atoms with E-state index in [1.54, 1.807) is 7.11 Å². The summed E-state index contributed by atoms with van der Waals surface area (Å²) >= 11 is 0. The van der Waals surface area contributed by atoms with Gasteiger partial charge >= 0.3 is 0 Å². The molecule has 3 nitrogen and oxygen atoms in total. The molecule has 0 aliphatic carbocycles. The molecule has 0 spiro atoms. The summed E-state index contributed by atoms with van der Waals surface area (Å²) in [5.41, 5.74) is 1.42. The highest BCUT2D eigenvalue weighted by Crippen LogP contribution is 2.24. The van der Waals surface area contributed by atoms with Crippen molar-refractivity contribution in [2.75, 3.05) is 39.8 Å². The fraction of sp³-hybridized carbons (Fsp3) is 0.412. The number of hydrogen-bond donors (Lipinski definition) is 1. The minimum absolute atomic E-state index is 0.937. The van der Waals surface area contributed by atoms with Crippen molar-refractivity contribution in [3.63, 3.8) is 0 Å². The van der Waals surface area contributed by atoms with E-state index in [1.807, 2.05) is 6.07 Å². The van der Waals surface area contributed by atoms with Crippen LogP contribution in [-0.4, -0.2) is 44.7 Å². The molecule has 1 fully saturated rings. The molecule has 0 saturated carbocycles. The van der Waals surface area contributed by atoms with Gasteiger partial charge in [-0.15, -0.1) is 0 Å². The van der Waals surface area contributed by atoms with Crippen LogP contribution in [0.2, 0.25) is 0 Å². The number of piperazine rings is 1. The molecule has 1 heterocycles. The molecule has 0 amide bonds.